The van der Waals surface area contributed by atoms with Crippen molar-refractivity contribution in [1.82, 2.24) is 14.8 Å². The topological polar surface area (TPSA) is 58.4 Å². The van der Waals surface area contributed by atoms with E-state index < -0.39 is 24.1 Å². The second-order valence-electron chi connectivity index (χ2n) is 5.34. The van der Waals surface area contributed by atoms with Crippen molar-refractivity contribution in [2.75, 3.05) is 0 Å². The molecule has 130 valence electrons. The molecule has 24 heavy (non-hydrogen) atoms. The highest BCUT2D eigenvalue weighted by atomic mass is 35.5. The lowest BCUT2D eigenvalue weighted by atomic mass is 10.1. The smallest absolute Gasteiger partial charge is 0.282 e. The Morgan fingerprint density at radius 1 is 1.42 bits per heavy atom. The Labute approximate surface area is 147 Å². The number of amides is 1. The van der Waals surface area contributed by atoms with Crippen molar-refractivity contribution in [3.63, 3.8) is 0 Å². The van der Waals surface area contributed by atoms with Gasteiger partial charge in [-0.25, -0.2) is 13.8 Å². The highest BCUT2D eigenvalue weighted by Crippen LogP contribution is 2.25. The van der Waals surface area contributed by atoms with Crippen LogP contribution in [0.4, 0.5) is 8.78 Å². The highest BCUT2D eigenvalue weighted by Gasteiger charge is 2.28. The number of hydroxylamine groups is 2. The molecule has 0 bridgehead atoms. The fourth-order valence-electron chi connectivity index (χ4n) is 2.25. The van der Waals surface area contributed by atoms with E-state index in [1.807, 2.05) is 0 Å². The summed E-state index contributed by atoms with van der Waals surface area (Å²) in [5, 5.41) is 14.9. The van der Waals surface area contributed by atoms with Crippen molar-refractivity contribution in [1.29, 1.82) is 0 Å². The van der Waals surface area contributed by atoms with Crippen molar-refractivity contribution in [2.24, 2.45) is 7.05 Å². The first-order valence-corrected chi connectivity index (χ1v) is 7.74. The first-order chi connectivity index (χ1) is 11.2. The van der Waals surface area contributed by atoms with Gasteiger partial charge in [0.25, 0.3) is 12.3 Å². The number of carbonyl (C=O) groups is 1. The van der Waals surface area contributed by atoms with E-state index in [0.717, 1.165) is 10.9 Å². The monoisotopic (exact) mass is 377 g/mol. The Balaban J connectivity index is 2.18. The third-order valence-electron chi connectivity index (χ3n) is 3.45. The molecule has 5 nitrogen and oxygen atoms in total. The van der Waals surface area contributed by atoms with Crippen LogP contribution in [-0.4, -0.2) is 32.0 Å². The van der Waals surface area contributed by atoms with Gasteiger partial charge in [-0.2, -0.15) is 5.10 Å². The van der Waals surface area contributed by atoms with Gasteiger partial charge in [-0.3, -0.25) is 14.7 Å². The number of hydrogen-bond donors (Lipinski definition) is 1. The Morgan fingerprint density at radius 2 is 2.08 bits per heavy atom. The summed E-state index contributed by atoms with van der Waals surface area (Å²) in [4.78, 5) is 12.3. The van der Waals surface area contributed by atoms with Crippen molar-refractivity contribution in [2.45, 2.75) is 25.8 Å². The Morgan fingerprint density at radius 3 is 2.67 bits per heavy atom. The van der Waals surface area contributed by atoms with E-state index in [4.69, 9.17) is 23.2 Å². The molecular weight excluding hydrogens is 363 g/mol. The van der Waals surface area contributed by atoms with Crippen molar-refractivity contribution in [3.05, 3.63) is 51.3 Å². The zero-order valence-corrected chi connectivity index (χ0v) is 14.4. The fraction of sp³-hybridized carbons (Fsp3) is 0.333. The van der Waals surface area contributed by atoms with E-state index in [9.17, 15) is 18.8 Å². The standard InChI is InChI=1S/C15H15Cl2F2N3O2/c1-8(5-9-3-4-10(16)6-12(9)17)22(24)15(23)11-7-21(2)20-13(11)14(18)19/h3-4,6-8,14,24H,5H2,1-2H3. The molecule has 1 unspecified atom stereocenters. The van der Waals surface area contributed by atoms with Crippen LogP contribution >= 0.6 is 23.2 Å². The van der Waals surface area contributed by atoms with Gasteiger partial charge in [0.05, 0.1) is 11.6 Å². The molecule has 2 aromatic rings. The van der Waals surface area contributed by atoms with E-state index in [-0.39, 0.29) is 12.0 Å². The van der Waals surface area contributed by atoms with Gasteiger partial charge in [-0.05, 0) is 31.0 Å². The largest absolute Gasteiger partial charge is 0.285 e. The van der Waals surface area contributed by atoms with Crippen LogP contribution in [0.2, 0.25) is 10.0 Å². The van der Waals surface area contributed by atoms with Crippen molar-refractivity contribution in [3.8, 4) is 0 Å². The molecule has 1 amide bonds. The minimum absolute atomic E-state index is 0.225. The van der Waals surface area contributed by atoms with Crippen LogP contribution in [0.5, 0.6) is 0 Å². The van der Waals surface area contributed by atoms with Crippen LogP contribution in [0.25, 0.3) is 0 Å². The molecule has 0 aliphatic carbocycles. The number of nitrogens with zero attached hydrogens (tertiary/aromatic N) is 3. The lowest BCUT2D eigenvalue weighted by Gasteiger charge is -2.23. The highest BCUT2D eigenvalue weighted by molar-refractivity contribution is 6.35. The number of alkyl halides is 2. The number of hydrogen-bond acceptors (Lipinski definition) is 3. The third-order valence-corrected chi connectivity index (χ3v) is 4.04. The van der Waals surface area contributed by atoms with Gasteiger partial charge in [-0.1, -0.05) is 29.3 Å². The van der Waals surface area contributed by atoms with Gasteiger partial charge < -0.3 is 0 Å². The molecule has 0 saturated carbocycles. The summed E-state index contributed by atoms with van der Waals surface area (Å²) in [7, 11) is 1.42. The summed E-state index contributed by atoms with van der Waals surface area (Å²) >= 11 is 11.9. The Hall–Kier alpha value is -1.70. The number of benzene rings is 1. The first-order valence-electron chi connectivity index (χ1n) is 6.98. The molecule has 0 spiro atoms. The summed E-state index contributed by atoms with van der Waals surface area (Å²) in [6, 6.07) is 4.16. The van der Waals surface area contributed by atoms with Crippen LogP contribution in [0.1, 0.15) is 35.0 Å². The Bertz CT molecular complexity index is 752. The maximum Gasteiger partial charge on any atom is 0.282 e. The molecule has 0 fully saturated rings. The fourth-order valence-corrected chi connectivity index (χ4v) is 2.73. The molecule has 0 radical (unpaired) electrons. The number of aromatic nitrogens is 2. The quantitative estimate of drug-likeness (QED) is 0.629. The first kappa shape index (κ1) is 18.6. The van der Waals surface area contributed by atoms with Gasteiger partial charge in [0, 0.05) is 23.3 Å². The van der Waals surface area contributed by atoms with Gasteiger partial charge >= 0.3 is 0 Å². The average Bonchev–Trinajstić information content (AvgIpc) is 2.90. The second-order valence-corrected chi connectivity index (χ2v) is 6.18. The summed E-state index contributed by atoms with van der Waals surface area (Å²) in [5.74, 6) is -0.948. The van der Waals surface area contributed by atoms with E-state index in [2.05, 4.69) is 5.10 Å². The zero-order valence-electron chi connectivity index (χ0n) is 12.9. The number of halogens is 4. The zero-order chi connectivity index (χ0) is 18.0. The second kappa shape index (κ2) is 7.46. The van der Waals surface area contributed by atoms with Gasteiger partial charge in [-0.15, -0.1) is 0 Å². The molecule has 1 atom stereocenters. The van der Waals surface area contributed by atoms with Gasteiger partial charge in [0.15, 0.2) is 0 Å². The maximum absolute atomic E-state index is 12.9. The van der Waals surface area contributed by atoms with Crippen LogP contribution in [0.3, 0.4) is 0 Å². The summed E-state index contributed by atoms with van der Waals surface area (Å²) in [6.07, 6.45) is -1.54. The minimum atomic E-state index is -2.92. The molecule has 1 aromatic carbocycles. The summed E-state index contributed by atoms with van der Waals surface area (Å²) < 4.78 is 27.0. The van der Waals surface area contributed by atoms with E-state index in [1.165, 1.54) is 7.05 Å². The molecular formula is C15H15Cl2F2N3O2. The Kier molecular flexibility index (Phi) is 5.79. The lowest BCUT2D eigenvalue weighted by molar-refractivity contribution is -0.0839. The van der Waals surface area contributed by atoms with Crippen LogP contribution in [0.15, 0.2) is 24.4 Å². The van der Waals surface area contributed by atoms with Crippen LogP contribution in [0, 0.1) is 0 Å². The molecule has 9 heteroatoms. The molecule has 0 saturated heterocycles. The van der Waals surface area contributed by atoms with E-state index >= 15 is 0 Å². The number of carbonyl (C=O) groups excluding carboxylic acids is 1. The molecule has 1 heterocycles. The lowest BCUT2D eigenvalue weighted by Crippen LogP contribution is -2.37. The van der Waals surface area contributed by atoms with Crippen LogP contribution < -0.4 is 0 Å². The van der Waals surface area contributed by atoms with Crippen molar-refractivity contribution < 1.29 is 18.8 Å². The molecule has 2 rings (SSSR count). The van der Waals surface area contributed by atoms with Crippen LogP contribution in [-0.2, 0) is 13.5 Å². The molecule has 0 aliphatic heterocycles. The maximum atomic E-state index is 12.9. The van der Waals surface area contributed by atoms with Crippen molar-refractivity contribution >= 4 is 29.1 Å². The predicted molar refractivity (Wildman–Crippen MR) is 85.7 cm³/mol. The minimum Gasteiger partial charge on any atom is -0.285 e. The number of rotatable bonds is 5. The predicted octanol–water partition coefficient (Wildman–Crippen LogP) is 4.13. The van der Waals surface area contributed by atoms with Gasteiger partial charge in [0.1, 0.15) is 5.69 Å². The number of aryl methyl sites for hydroxylation is 1. The van der Waals surface area contributed by atoms with Gasteiger partial charge in [0.2, 0.25) is 0 Å². The SMILES string of the molecule is CC(Cc1ccc(Cl)cc1Cl)N(O)C(=O)c1cn(C)nc1C(F)F. The average molecular weight is 378 g/mol. The van der Waals surface area contributed by atoms with E-state index in [1.54, 1.807) is 25.1 Å². The molecule has 1 N–H and O–H groups in total. The summed E-state index contributed by atoms with van der Waals surface area (Å²) in [5.41, 5.74) is -0.344. The summed E-state index contributed by atoms with van der Waals surface area (Å²) in [6.45, 7) is 1.57. The normalized spacial score (nSPS) is 12.5. The molecule has 1 aromatic heterocycles. The third kappa shape index (κ3) is 4.03. The molecule has 0 aliphatic rings. The van der Waals surface area contributed by atoms with E-state index in [0.29, 0.717) is 20.7 Å².